The monoisotopic (exact) mass is 180 g/mol. The molecule has 0 bridgehead atoms. The molecule has 2 radical (unpaired) electrons. The molecule has 0 saturated heterocycles. The van der Waals surface area contributed by atoms with Crippen molar-refractivity contribution in [1.82, 2.24) is 4.98 Å². The number of aromatic nitrogens is 1. The summed E-state index contributed by atoms with van der Waals surface area (Å²) in [5, 5.41) is 0. The first-order chi connectivity index (χ1) is 5.86. The van der Waals surface area contributed by atoms with Crippen molar-refractivity contribution in [3.8, 4) is 0 Å². The van der Waals surface area contributed by atoms with Crippen molar-refractivity contribution in [2.75, 3.05) is 5.75 Å². The lowest BCUT2D eigenvalue weighted by molar-refractivity contribution is 0.924. The van der Waals surface area contributed by atoms with Crippen LogP contribution in [0.2, 0.25) is 0 Å². The van der Waals surface area contributed by atoms with E-state index in [9.17, 15) is 0 Å². The minimum atomic E-state index is 0.699. The van der Waals surface area contributed by atoms with Crippen LogP contribution in [-0.4, -0.2) is 10.7 Å². The number of nitrogens with zero attached hydrogens (tertiary/aromatic N) is 1. The summed E-state index contributed by atoms with van der Waals surface area (Å²) in [6.45, 7) is 2.48. The van der Waals surface area contributed by atoms with Gasteiger partial charge in [0.25, 0.3) is 0 Å². The van der Waals surface area contributed by atoms with Crippen molar-refractivity contribution in [2.24, 2.45) is 5.73 Å². The maximum atomic E-state index is 5.18. The second-order valence-electron chi connectivity index (χ2n) is 2.52. The van der Waals surface area contributed by atoms with Gasteiger partial charge in [0.15, 0.2) is 0 Å². The quantitative estimate of drug-likeness (QED) is 0.541. The largest absolute Gasteiger partial charge is 0.316 e. The first-order valence-electron chi connectivity index (χ1n) is 3.89. The van der Waals surface area contributed by atoms with Gasteiger partial charge in [0, 0.05) is 6.20 Å². The molecule has 0 amide bonds. The molecule has 0 atom stereocenters. The molecule has 1 aromatic rings. The van der Waals surface area contributed by atoms with Crippen molar-refractivity contribution in [2.45, 2.75) is 12.8 Å². The van der Waals surface area contributed by atoms with Crippen LogP contribution in [0.3, 0.4) is 0 Å². The number of thiol groups is 1. The summed E-state index contributed by atoms with van der Waals surface area (Å²) < 4.78 is 0. The molecule has 0 aliphatic carbocycles. The minimum absolute atomic E-state index is 0.699. The van der Waals surface area contributed by atoms with Crippen LogP contribution in [0.5, 0.6) is 0 Å². The Labute approximate surface area is 78.6 Å². The molecule has 0 aliphatic rings. The summed E-state index contributed by atoms with van der Waals surface area (Å²) in [6, 6.07) is 3.89. The van der Waals surface area contributed by atoms with Crippen LogP contribution in [0.4, 0.5) is 0 Å². The number of pyridine rings is 1. The van der Waals surface area contributed by atoms with Crippen molar-refractivity contribution in [3.05, 3.63) is 36.1 Å². The van der Waals surface area contributed by atoms with Crippen LogP contribution in [-0.2, 0) is 6.42 Å². The van der Waals surface area contributed by atoms with Gasteiger partial charge in [-0.15, -0.1) is 0 Å². The molecule has 0 aromatic carbocycles. The number of rotatable bonds is 4. The van der Waals surface area contributed by atoms with Crippen LogP contribution < -0.4 is 5.73 Å². The third kappa shape index (κ3) is 2.83. The average molecular weight is 180 g/mol. The molecule has 3 heteroatoms. The van der Waals surface area contributed by atoms with Gasteiger partial charge in [-0.05, 0) is 30.2 Å². The third-order valence-electron chi connectivity index (χ3n) is 1.60. The van der Waals surface area contributed by atoms with E-state index in [0.717, 1.165) is 18.6 Å². The first-order valence-corrected chi connectivity index (χ1v) is 4.52. The standard InChI is InChI=1S/C9H12N2S/c10-6-9-4-3-8(7-11-9)2-1-5-12/h3-4,7,12H,1-2,5,10H2. The molecule has 1 rings (SSSR count). The van der Waals surface area contributed by atoms with Crippen LogP contribution in [0, 0.1) is 6.54 Å². The summed E-state index contributed by atoms with van der Waals surface area (Å²) in [6.07, 6.45) is 3.94. The Morgan fingerprint density at radius 3 is 2.83 bits per heavy atom. The maximum absolute atomic E-state index is 5.18. The Morgan fingerprint density at radius 2 is 2.33 bits per heavy atom. The Morgan fingerprint density at radius 1 is 1.50 bits per heavy atom. The Balaban J connectivity index is 2.53. The fourth-order valence-electron chi connectivity index (χ4n) is 0.941. The SMILES string of the molecule is N[C]c1ccc(CCCS)cn1. The topological polar surface area (TPSA) is 38.9 Å². The summed E-state index contributed by atoms with van der Waals surface area (Å²) >= 11 is 4.14. The van der Waals surface area contributed by atoms with Gasteiger partial charge in [-0.25, -0.2) is 0 Å². The molecule has 2 N–H and O–H groups in total. The highest BCUT2D eigenvalue weighted by Gasteiger charge is 1.94. The van der Waals surface area contributed by atoms with E-state index in [1.807, 2.05) is 18.3 Å². The lowest BCUT2D eigenvalue weighted by atomic mass is 10.1. The molecule has 1 heterocycles. The Hall–Kier alpha value is -0.540. The van der Waals surface area contributed by atoms with Gasteiger partial charge in [0.1, 0.15) is 6.54 Å². The van der Waals surface area contributed by atoms with Gasteiger partial charge in [0.2, 0.25) is 0 Å². The van der Waals surface area contributed by atoms with E-state index < -0.39 is 0 Å². The fraction of sp³-hybridized carbons (Fsp3) is 0.333. The predicted octanol–water partition coefficient (Wildman–Crippen LogP) is 1.29. The van der Waals surface area contributed by atoms with Crippen LogP contribution in [0.15, 0.2) is 18.3 Å². The maximum Gasteiger partial charge on any atom is 0.111 e. The third-order valence-corrected chi connectivity index (χ3v) is 1.91. The van der Waals surface area contributed by atoms with E-state index in [1.165, 1.54) is 5.56 Å². The molecular weight excluding hydrogens is 168 g/mol. The van der Waals surface area contributed by atoms with E-state index in [4.69, 9.17) is 5.73 Å². The molecule has 0 aliphatic heterocycles. The van der Waals surface area contributed by atoms with E-state index in [2.05, 4.69) is 24.2 Å². The van der Waals surface area contributed by atoms with E-state index in [1.54, 1.807) is 0 Å². The van der Waals surface area contributed by atoms with Crippen LogP contribution >= 0.6 is 12.6 Å². The summed E-state index contributed by atoms with van der Waals surface area (Å²) in [4.78, 5) is 4.09. The zero-order valence-corrected chi connectivity index (χ0v) is 7.72. The first kappa shape index (κ1) is 9.55. The smallest absolute Gasteiger partial charge is 0.111 e. The minimum Gasteiger partial charge on any atom is -0.316 e. The number of aryl methyl sites for hydroxylation is 1. The summed E-state index contributed by atoms with van der Waals surface area (Å²) in [5.74, 6) is 0.914. The van der Waals surface area contributed by atoms with E-state index >= 15 is 0 Å². The second-order valence-corrected chi connectivity index (χ2v) is 2.97. The summed E-state index contributed by atoms with van der Waals surface area (Å²) in [7, 11) is 0. The molecule has 1 aromatic heterocycles. The molecule has 0 spiro atoms. The van der Waals surface area contributed by atoms with Gasteiger partial charge in [-0.2, -0.15) is 12.6 Å². The number of nitrogens with two attached hydrogens (primary N) is 1. The molecule has 0 unspecified atom stereocenters. The molecule has 12 heavy (non-hydrogen) atoms. The number of hydrogen-bond donors (Lipinski definition) is 2. The van der Waals surface area contributed by atoms with E-state index in [0.29, 0.717) is 5.69 Å². The van der Waals surface area contributed by atoms with Crippen molar-refractivity contribution >= 4 is 12.6 Å². The molecule has 64 valence electrons. The van der Waals surface area contributed by atoms with Crippen LogP contribution in [0.25, 0.3) is 0 Å². The molecule has 0 fully saturated rings. The van der Waals surface area contributed by atoms with Crippen LogP contribution in [0.1, 0.15) is 17.7 Å². The van der Waals surface area contributed by atoms with Crippen molar-refractivity contribution in [3.63, 3.8) is 0 Å². The molecule has 2 nitrogen and oxygen atoms in total. The van der Waals surface area contributed by atoms with Gasteiger partial charge in [0.05, 0.1) is 5.69 Å². The highest BCUT2D eigenvalue weighted by molar-refractivity contribution is 7.80. The lowest BCUT2D eigenvalue weighted by Crippen LogP contribution is -1.96. The molecule has 0 saturated carbocycles. The van der Waals surface area contributed by atoms with Crippen molar-refractivity contribution < 1.29 is 0 Å². The zero-order chi connectivity index (χ0) is 8.81. The summed E-state index contributed by atoms with van der Waals surface area (Å²) in [5.41, 5.74) is 7.10. The highest BCUT2D eigenvalue weighted by Crippen LogP contribution is 2.03. The Bertz CT molecular complexity index is 220. The normalized spacial score (nSPS) is 10.2. The zero-order valence-electron chi connectivity index (χ0n) is 6.83. The second kappa shape index (κ2) is 5.17. The molecular formula is C9H12N2S. The fourth-order valence-corrected chi connectivity index (χ4v) is 1.10. The van der Waals surface area contributed by atoms with E-state index in [-0.39, 0.29) is 0 Å². The predicted molar refractivity (Wildman–Crippen MR) is 52.9 cm³/mol. The van der Waals surface area contributed by atoms with Crippen molar-refractivity contribution in [1.29, 1.82) is 0 Å². The van der Waals surface area contributed by atoms with Gasteiger partial charge in [-0.1, -0.05) is 6.07 Å². The van der Waals surface area contributed by atoms with Gasteiger partial charge >= 0.3 is 0 Å². The van der Waals surface area contributed by atoms with Gasteiger partial charge in [-0.3, -0.25) is 4.98 Å². The number of hydrogen-bond acceptors (Lipinski definition) is 3. The van der Waals surface area contributed by atoms with Gasteiger partial charge < -0.3 is 5.73 Å². The highest BCUT2D eigenvalue weighted by atomic mass is 32.1. The lowest BCUT2D eigenvalue weighted by Gasteiger charge is -1.99. The Kier molecular flexibility index (Phi) is 4.11. The average Bonchev–Trinajstić information content (AvgIpc) is 2.15.